The molecule has 1 amide bonds. The summed E-state index contributed by atoms with van der Waals surface area (Å²) < 4.78 is 6.68. The van der Waals surface area contributed by atoms with Gasteiger partial charge in [-0.3, -0.25) is 4.79 Å². The number of carbonyl (C=O) groups is 1. The van der Waals surface area contributed by atoms with Crippen molar-refractivity contribution in [2.75, 3.05) is 19.6 Å². The average molecular weight is 390 g/mol. The minimum Gasteiger partial charge on any atom is -0.463 e. The molecule has 1 atom stereocenters. The molecule has 0 saturated carbocycles. The Morgan fingerprint density at radius 3 is 2.88 bits per heavy atom. The van der Waals surface area contributed by atoms with E-state index in [0.29, 0.717) is 16.4 Å². The summed E-state index contributed by atoms with van der Waals surface area (Å²) in [5.41, 5.74) is 1.16. The van der Waals surface area contributed by atoms with Crippen molar-refractivity contribution >= 4 is 38.9 Å². The van der Waals surface area contributed by atoms with Crippen LogP contribution in [0, 0.1) is 6.92 Å². The zero-order valence-electron chi connectivity index (χ0n) is 14.7. The molecule has 0 radical (unpaired) electrons. The molecule has 0 bridgehead atoms. The van der Waals surface area contributed by atoms with Gasteiger partial charge in [0.25, 0.3) is 5.91 Å². The van der Waals surface area contributed by atoms with Crippen LogP contribution in [0.3, 0.4) is 0 Å². The van der Waals surface area contributed by atoms with Crippen LogP contribution in [-0.2, 0) is 0 Å². The van der Waals surface area contributed by atoms with Crippen LogP contribution < -0.4 is 10.2 Å². The molecular weight excluding hydrogens is 368 g/mol. The van der Waals surface area contributed by atoms with Crippen LogP contribution in [0.4, 0.5) is 0 Å². The van der Waals surface area contributed by atoms with Crippen molar-refractivity contribution in [1.29, 1.82) is 0 Å². The van der Waals surface area contributed by atoms with Gasteiger partial charge < -0.3 is 14.6 Å². The second kappa shape index (κ2) is 7.43. The first kappa shape index (κ1) is 17.6. The predicted molar refractivity (Wildman–Crippen MR) is 105 cm³/mol. The van der Waals surface area contributed by atoms with Crippen molar-refractivity contribution in [1.82, 2.24) is 5.32 Å². The summed E-state index contributed by atoms with van der Waals surface area (Å²) >= 11 is 7.93. The van der Waals surface area contributed by atoms with E-state index in [9.17, 15) is 4.79 Å². The van der Waals surface area contributed by atoms with E-state index in [1.165, 1.54) is 29.1 Å². The molecular formula is C20H22ClN2O2S+. The Balaban J connectivity index is 1.53. The Hall–Kier alpha value is -1.82. The fraction of sp³-hybridized carbons (Fsp3) is 0.350. The molecule has 1 saturated heterocycles. The van der Waals surface area contributed by atoms with Crippen molar-refractivity contribution in [2.24, 2.45) is 0 Å². The fourth-order valence-electron chi connectivity index (χ4n) is 3.71. The summed E-state index contributed by atoms with van der Waals surface area (Å²) in [6.45, 7) is 4.82. The lowest BCUT2D eigenvalue weighted by atomic mass is 10.2. The zero-order chi connectivity index (χ0) is 18.1. The number of furan rings is 1. The number of rotatable bonds is 5. The molecule has 3 heterocycles. The lowest BCUT2D eigenvalue weighted by molar-refractivity contribution is -0.919. The third kappa shape index (κ3) is 3.39. The largest absolute Gasteiger partial charge is 0.463 e. The van der Waals surface area contributed by atoms with Gasteiger partial charge in [0.2, 0.25) is 0 Å². The monoisotopic (exact) mass is 389 g/mol. The number of hydrogen-bond acceptors (Lipinski definition) is 3. The maximum atomic E-state index is 12.8. The van der Waals surface area contributed by atoms with Gasteiger partial charge in [0.1, 0.15) is 4.88 Å². The minimum atomic E-state index is -0.107. The maximum Gasteiger partial charge on any atom is 0.263 e. The highest BCUT2D eigenvalue weighted by Crippen LogP contribution is 2.35. The van der Waals surface area contributed by atoms with Gasteiger partial charge in [0.15, 0.2) is 11.8 Å². The number of carbonyl (C=O) groups excluding carboxylic acids is 1. The first-order valence-electron chi connectivity index (χ1n) is 8.98. The summed E-state index contributed by atoms with van der Waals surface area (Å²) in [4.78, 5) is 14.8. The molecule has 4 nitrogen and oxygen atoms in total. The van der Waals surface area contributed by atoms with Gasteiger partial charge in [-0.2, -0.15) is 0 Å². The molecule has 1 aliphatic rings. The molecule has 1 aromatic carbocycles. The number of thiophene rings is 1. The molecule has 0 spiro atoms. The molecule has 136 valence electrons. The van der Waals surface area contributed by atoms with E-state index in [2.05, 4.69) is 11.4 Å². The first-order chi connectivity index (χ1) is 12.6. The van der Waals surface area contributed by atoms with Crippen LogP contribution in [0.25, 0.3) is 10.1 Å². The van der Waals surface area contributed by atoms with Crippen molar-refractivity contribution < 1.29 is 14.1 Å². The summed E-state index contributed by atoms with van der Waals surface area (Å²) in [5.74, 6) is 0.823. The molecule has 4 rings (SSSR count). The van der Waals surface area contributed by atoms with Crippen LogP contribution >= 0.6 is 22.9 Å². The molecule has 0 aliphatic carbocycles. The van der Waals surface area contributed by atoms with Gasteiger partial charge in [0.05, 0.1) is 30.9 Å². The lowest BCUT2D eigenvalue weighted by Gasteiger charge is -2.23. The van der Waals surface area contributed by atoms with E-state index in [-0.39, 0.29) is 11.9 Å². The number of fused-ring (bicyclic) bond motifs is 1. The van der Waals surface area contributed by atoms with E-state index >= 15 is 0 Å². The average Bonchev–Trinajstić information content (AvgIpc) is 3.37. The summed E-state index contributed by atoms with van der Waals surface area (Å²) in [7, 11) is 0. The van der Waals surface area contributed by atoms with Gasteiger partial charge in [-0.15, -0.1) is 11.3 Å². The van der Waals surface area contributed by atoms with Crippen molar-refractivity contribution in [3.63, 3.8) is 0 Å². The molecule has 3 aromatic rings. The third-order valence-corrected chi connectivity index (χ3v) is 6.74. The van der Waals surface area contributed by atoms with Gasteiger partial charge in [-0.1, -0.05) is 23.7 Å². The van der Waals surface area contributed by atoms with Gasteiger partial charge >= 0.3 is 0 Å². The number of aryl methyl sites for hydroxylation is 1. The van der Waals surface area contributed by atoms with E-state index in [1.807, 2.05) is 31.2 Å². The van der Waals surface area contributed by atoms with Crippen LogP contribution in [0.5, 0.6) is 0 Å². The lowest BCUT2D eigenvalue weighted by Crippen LogP contribution is -3.11. The summed E-state index contributed by atoms with van der Waals surface area (Å²) in [6, 6.07) is 10.1. The molecule has 0 unspecified atom stereocenters. The molecule has 1 fully saturated rings. The number of quaternary nitrogens is 1. The number of nitrogens with one attached hydrogen (secondary N) is 2. The number of halogens is 1. The molecule has 6 heteroatoms. The summed E-state index contributed by atoms with van der Waals surface area (Å²) in [5, 5.41) is 4.58. The highest BCUT2D eigenvalue weighted by molar-refractivity contribution is 7.21. The van der Waals surface area contributed by atoms with Gasteiger partial charge in [0, 0.05) is 22.9 Å². The van der Waals surface area contributed by atoms with Gasteiger partial charge in [-0.05, 0) is 30.7 Å². The van der Waals surface area contributed by atoms with Crippen LogP contribution in [0.15, 0.2) is 41.0 Å². The highest BCUT2D eigenvalue weighted by atomic mass is 35.5. The Kier molecular flexibility index (Phi) is 5.02. The standard InChI is InChI=1S/C20H21ClN2O2S/c1-13-6-7-14-17(11-13)26-19(18(14)21)20(24)22-12-15(16-5-4-10-25-16)23-8-2-3-9-23/h4-7,10-11,15H,2-3,8-9,12H2,1H3,(H,22,24)/p+1/t15-/m1/s1. The van der Waals surface area contributed by atoms with E-state index in [1.54, 1.807) is 6.26 Å². The number of likely N-dealkylation sites (tertiary alicyclic amines) is 1. The smallest absolute Gasteiger partial charge is 0.263 e. The molecule has 26 heavy (non-hydrogen) atoms. The minimum absolute atomic E-state index is 0.107. The van der Waals surface area contributed by atoms with Gasteiger partial charge in [-0.25, -0.2) is 0 Å². The SMILES string of the molecule is Cc1ccc2c(Cl)c(C(=O)NC[C@H](c3ccco3)[NH+]3CCCC3)sc2c1. The fourth-order valence-corrected chi connectivity index (χ4v) is 5.24. The van der Waals surface area contributed by atoms with Crippen molar-refractivity contribution in [2.45, 2.75) is 25.8 Å². The number of hydrogen-bond donors (Lipinski definition) is 2. The Labute approximate surface area is 161 Å². The molecule has 2 N–H and O–H groups in total. The molecule has 2 aromatic heterocycles. The second-order valence-corrected chi connectivity index (χ2v) is 8.32. The number of benzene rings is 1. The quantitative estimate of drug-likeness (QED) is 0.700. The van der Waals surface area contributed by atoms with E-state index in [4.69, 9.17) is 16.0 Å². The normalized spacial score (nSPS) is 16.2. The van der Waals surface area contributed by atoms with Crippen LogP contribution in [0.2, 0.25) is 5.02 Å². The Morgan fingerprint density at radius 1 is 1.35 bits per heavy atom. The Bertz CT molecular complexity index is 913. The highest BCUT2D eigenvalue weighted by Gasteiger charge is 2.30. The Morgan fingerprint density at radius 2 is 2.15 bits per heavy atom. The predicted octanol–water partition coefficient (Wildman–Crippen LogP) is 3.61. The van der Waals surface area contributed by atoms with Crippen molar-refractivity contribution in [3.8, 4) is 0 Å². The zero-order valence-corrected chi connectivity index (χ0v) is 16.3. The third-order valence-electron chi connectivity index (χ3n) is 5.08. The number of amides is 1. The maximum absolute atomic E-state index is 12.8. The van der Waals surface area contributed by atoms with Crippen molar-refractivity contribution in [3.05, 3.63) is 57.8 Å². The molecule has 1 aliphatic heterocycles. The first-order valence-corrected chi connectivity index (χ1v) is 10.2. The second-order valence-electron chi connectivity index (χ2n) is 6.89. The summed E-state index contributed by atoms with van der Waals surface area (Å²) in [6.07, 6.45) is 4.15. The van der Waals surface area contributed by atoms with E-state index < -0.39 is 0 Å². The van der Waals surface area contributed by atoms with E-state index in [0.717, 1.165) is 34.5 Å². The van der Waals surface area contributed by atoms with Crippen LogP contribution in [-0.4, -0.2) is 25.5 Å². The van der Waals surface area contributed by atoms with Crippen LogP contribution in [0.1, 0.15) is 39.9 Å². The topological polar surface area (TPSA) is 46.7 Å².